The molecule has 0 bridgehead atoms. The molecule has 124 valence electrons. The second kappa shape index (κ2) is 12.2. The molecule has 1 N–H and O–H groups in total. The van der Waals surface area contributed by atoms with Gasteiger partial charge in [0.15, 0.2) is 0 Å². The summed E-state index contributed by atoms with van der Waals surface area (Å²) in [6.07, 6.45) is 3.71. The van der Waals surface area contributed by atoms with E-state index in [0.717, 1.165) is 25.7 Å². The number of aliphatic carboxylic acids is 1. The molecule has 1 unspecified atom stereocenters. The molecule has 2 rings (SSSR count). The van der Waals surface area contributed by atoms with Crippen LogP contribution in [0.3, 0.4) is 0 Å². The fourth-order valence-electron chi connectivity index (χ4n) is 2.16. The Labute approximate surface area is 150 Å². The van der Waals surface area contributed by atoms with Gasteiger partial charge in [-0.3, -0.25) is 4.79 Å². The Morgan fingerprint density at radius 2 is 1.43 bits per heavy atom. The number of rotatable bonds is 7. The Balaban J connectivity index is 0.000000241. The Kier molecular flexibility index (Phi) is 10.5. The van der Waals surface area contributed by atoms with Gasteiger partial charge in [0.05, 0.1) is 5.92 Å². The van der Waals surface area contributed by atoms with E-state index < -0.39 is 27.6 Å². The fraction of sp³-hybridized carbons (Fsp3) is 0.350. The topological polar surface area (TPSA) is 37.3 Å². The molecule has 0 aliphatic carbocycles. The Morgan fingerprint density at radius 1 is 0.957 bits per heavy atom. The molecule has 0 aromatic heterocycles. The van der Waals surface area contributed by atoms with E-state index >= 15 is 0 Å². The molecule has 0 saturated heterocycles. The van der Waals surface area contributed by atoms with Crippen molar-refractivity contribution in [1.29, 1.82) is 0 Å². The first kappa shape index (κ1) is 19.8. The zero-order valence-corrected chi connectivity index (χ0v) is 16.9. The van der Waals surface area contributed by atoms with Crippen LogP contribution >= 0.6 is 0 Å². The van der Waals surface area contributed by atoms with Gasteiger partial charge in [0.2, 0.25) is 0 Å². The Bertz CT molecular complexity index is 503. The summed E-state index contributed by atoms with van der Waals surface area (Å²) in [6.45, 7) is 4.00. The number of hydrogen-bond donors (Lipinski definition) is 1. The summed E-state index contributed by atoms with van der Waals surface area (Å²) in [7, 11) is 0. The van der Waals surface area contributed by atoms with Gasteiger partial charge >= 0.3 is 95.3 Å². The van der Waals surface area contributed by atoms with Crippen molar-refractivity contribution in [2.45, 2.75) is 39.5 Å². The molecule has 3 heteroatoms. The van der Waals surface area contributed by atoms with E-state index in [0.29, 0.717) is 0 Å². The monoisotopic (exact) mass is 420 g/mol. The van der Waals surface area contributed by atoms with Gasteiger partial charge in [-0.2, -0.15) is 0 Å². The maximum absolute atomic E-state index is 10.4. The number of carboxylic acids is 1. The summed E-state index contributed by atoms with van der Waals surface area (Å²) in [5.74, 6) is -0.754. The van der Waals surface area contributed by atoms with Crippen LogP contribution in [0.5, 0.6) is 0 Å². The molecule has 2 aromatic rings. The molecule has 23 heavy (non-hydrogen) atoms. The molecular weight excluding hydrogens is 394 g/mol. The van der Waals surface area contributed by atoms with Crippen molar-refractivity contribution < 1.29 is 9.90 Å². The third kappa shape index (κ3) is 8.81. The summed E-state index contributed by atoms with van der Waals surface area (Å²) < 4.78 is 3.08. The fourth-order valence-corrected chi connectivity index (χ4v) is 5.16. The molecule has 2 nitrogen and oxygen atoms in total. The van der Waals surface area contributed by atoms with Crippen LogP contribution in [0.25, 0.3) is 0 Å². The summed E-state index contributed by atoms with van der Waals surface area (Å²) in [5.41, 5.74) is 0. The zero-order valence-electron chi connectivity index (χ0n) is 14.0. The predicted molar refractivity (Wildman–Crippen MR) is 100 cm³/mol. The van der Waals surface area contributed by atoms with Crippen LogP contribution in [-0.4, -0.2) is 32.7 Å². The number of unbranched alkanes of at least 4 members (excludes halogenated alkanes) is 1. The summed E-state index contributed by atoms with van der Waals surface area (Å²) >= 11 is -0.517. The average Bonchev–Trinajstić information content (AvgIpc) is 2.58. The molecule has 0 aliphatic rings. The van der Waals surface area contributed by atoms with E-state index in [1.807, 2.05) is 6.92 Å². The maximum atomic E-state index is 10.4. The molecule has 1 atom stereocenters. The van der Waals surface area contributed by atoms with Crippen molar-refractivity contribution in [3.8, 4) is 0 Å². The third-order valence-corrected chi connectivity index (χ3v) is 7.13. The van der Waals surface area contributed by atoms with E-state index in [-0.39, 0.29) is 5.92 Å². The molecule has 0 spiro atoms. The van der Waals surface area contributed by atoms with Gasteiger partial charge < -0.3 is 5.11 Å². The van der Waals surface area contributed by atoms with Gasteiger partial charge in [0.1, 0.15) is 0 Å². The number of benzene rings is 2. The quantitative estimate of drug-likeness (QED) is 0.697. The van der Waals surface area contributed by atoms with Crippen molar-refractivity contribution in [3.63, 3.8) is 0 Å². The van der Waals surface area contributed by atoms with Gasteiger partial charge in [0.25, 0.3) is 0 Å². The van der Waals surface area contributed by atoms with Gasteiger partial charge in [0, 0.05) is 0 Å². The SMILES string of the molecule is CCCCC(CC)C(=O)O.c1cc[c]([SbH][c]2ccccc2)cc1. The van der Waals surface area contributed by atoms with Crippen molar-refractivity contribution in [3.05, 3.63) is 60.7 Å². The molecule has 0 fully saturated rings. The van der Waals surface area contributed by atoms with Crippen molar-refractivity contribution in [2.24, 2.45) is 5.92 Å². The van der Waals surface area contributed by atoms with Crippen LogP contribution in [0.15, 0.2) is 60.7 Å². The van der Waals surface area contributed by atoms with E-state index in [9.17, 15) is 4.79 Å². The number of hydrogen-bond acceptors (Lipinski definition) is 1. The third-order valence-electron chi connectivity index (χ3n) is 3.58. The minimum absolute atomic E-state index is 0.111. The molecule has 0 amide bonds. The molecule has 0 radical (unpaired) electrons. The molecule has 0 aliphatic heterocycles. The summed E-state index contributed by atoms with van der Waals surface area (Å²) in [4.78, 5) is 10.4. The van der Waals surface area contributed by atoms with Crippen molar-refractivity contribution >= 4 is 34.6 Å². The minimum atomic E-state index is -0.643. The first-order chi connectivity index (χ1) is 11.2. The molecule has 0 heterocycles. The molecule has 0 saturated carbocycles. The van der Waals surface area contributed by atoms with Gasteiger partial charge in [-0.05, 0) is 12.8 Å². The van der Waals surface area contributed by atoms with Gasteiger partial charge in [-0.25, -0.2) is 0 Å². The van der Waals surface area contributed by atoms with Crippen LogP contribution < -0.4 is 7.02 Å². The first-order valence-electron chi connectivity index (χ1n) is 8.27. The van der Waals surface area contributed by atoms with Crippen molar-refractivity contribution in [1.82, 2.24) is 0 Å². The normalized spacial score (nSPS) is 11.2. The summed E-state index contributed by atoms with van der Waals surface area (Å²) in [5, 5.41) is 8.60. The Hall–Kier alpha value is -1.27. The second-order valence-corrected chi connectivity index (χ2v) is 9.45. The molecule has 2 aromatic carbocycles. The van der Waals surface area contributed by atoms with Crippen LogP contribution in [-0.2, 0) is 4.79 Å². The van der Waals surface area contributed by atoms with Gasteiger partial charge in [-0.1, -0.05) is 26.7 Å². The van der Waals surface area contributed by atoms with Crippen molar-refractivity contribution in [2.75, 3.05) is 0 Å². The standard InChI is InChI=1S/C8H16O2.2C6H5.Sb.H/c1-3-5-6-7(4-2)8(9)10;2*1-2-4-6-5-3-1;;/h7H,3-6H2,1-2H3,(H,9,10);2*1-5H;;. The Morgan fingerprint density at radius 3 is 1.78 bits per heavy atom. The van der Waals surface area contributed by atoms with Crippen LogP contribution in [0.1, 0.15) is 39.5 Å². The van der Waals surface area contributed by atoms with Crippen LogP contribution in [0.4, 0.5) is 0 Å². The number of carboxylic acid groups (broad SMARTS) is 1. The van der Waals surface area contributed by atoms with E-state index in [1.165, 1.54) is 7.02 Å². The van der Waals surface area contributed by atoms with Gasteiger partial charge in [-0.15, -0.1) is 0 Å². The first-order valence-corrected chi connectivity index (χ1v) is 11.1. The average molecular weight is 421 g/mol. The predicted octanol–water partition coefficient (Wildman–Crippen LogP) is 3.36. The number of carbonyl (C=O) groups is 1. The van der Waals surface area contributed by atoms with E-state index in [4.69, 9.17) is 5.11 Å². The second-order valence-electron chi connectivity index (χ2n) is 5.44. The summed E-state index contributed by atoms with van der Waals surface area (Å²) in [6, 6.07) is 21.6. The zero-order chi connectivity index (χ0) is 16.9. The van der Waals surface area contributed by atoms with Crippen LogP contribution in [0, 0.1) is 5.92 Å². The van der Waals surface area contributed by atoms with E-state index in [2.05, 4.69) is 67.6 Å². The van der Waals surface area contributed by atoms with E-state index in [1.54, 1.807) is 0 Å². The van der Waals surface area contributed by atoms with Crippen LogP contribution in [0.2, 0.25) is 0 Å². The molecular formula is C20H27O2Sb.